The number of rotatable bonds is 11. The number of halogens is 1. The third kappa shape index (κ3) is 7.37. The van der Waals surface area contributed by atoms with E-state index in [4.69, 9.17) is 28.4 Å². The average Bonchev–Trinajstić information content (AvgIpc) is 2.91. The van der Waals surface area contributed by atoms with Crippen LogP contribution in [0.3, 0.4) is 0 Å². The van der Waals surface area contributed by atoms with Crippen LogP contribution < -0.4 is 33.8 Å². The molecule has 1 N–H and O–H groups in total. The van der Waals surface area contributed by atoms with Crippen molar-refractivity contribution in [2.45, 2.75) is 0 Å². The lowest BCUT2D eigenvalue weighted by atomic mass is 10.1. The second-order valence-corrected chi connectivity index (χ2v) is 8.11. The van der Waals surface area contributed by atoms with E-state index in [0.29, 0.717) is 38.8 Å². The Morgan fingerprint density at radius 2 is 1.59 bits per heavy atom. The molecule has 0 aliphatic carbocycles. The molecule has 0 fully saturated rings. The van der Waals surface area contributed by atoms with Crippen LogP contribution in [-0.4, -0.2) is 53.1 Å². The van der Waals surface area contributed by atoms with Crippen molar-refractivity contribution >= 4 is 34.0 Å². The molecule has 0 atom stereocenters. The summed E-state index contributed by atoms with van der Waals surface area (Å²) >= 11 is 3.36. The molecule has 0 spiro atoms. The van der Waals surface area contributed by atoms with Crippen molar-refractivity contribution in [3.8, 4) is 34.5 Å². The zero-order valence-electron chi connectivity index (χ0n) is 20.6. The number of benzene rings is 3. The van der Waals surface area contributed by atoms with Gasteiger partial charge in [0.05, 0.1) is 44.7 Å². The minimum atomic E-state index is -0.622. The molecule has 0 bridgehead atoms. The summed E-state index contributed by atoms with van der Waals surface area (Å²) in [4.78, 5) is 24.8. The van der Waals surface area contributed by atoms with Gasteiger partial charge in [-0.3, -0.25) is 4.79 Å². The van der Waals surface area contributed by atoms with Crippen LogP contribution in [0.4, 0.5) is 0 Å². The van der Waals surface area contributed by atoms with Gasteiger partial charge >= 0.3 is 5.97 Å². The third-order valence-electron chi connectivity index (χ3n) is 4.87. The minimum absolute atomic E-state index is 0.212. The van der Waals surface area contributed by atoms with Crippen molar-refractivity contribution in [3.63, 3.8) is 0 Å². The van der Waals surface area contributed by atoms with E-state index in [2.05, 4.69) is 26.5 Å². The number of amides is 1. The zero-order valence-corrected chi connectivity index (χ0v) is 22.2. The van der Waals surface area contributed by atoms with Gasteiger partial charge in [0.15, 0.2) is 18.1 Å². The minimum Gasteiger partial charge on any atom is -0.497 e. The molecular formula is C26H25BrN2O8. The Morgan fingerprint density at radius 1 is 0.865 bits per heavy atom. The van der Waals surface area contributed by atoms with Gasteiger partial charge in [0.2, 0.25) is 5.75 Å². The molecule has 0 unspecified atom stereocenters. The lowest BCUT2D eigenvalue weighted by Gasteiger charge is -2.13. The van der Waals surface area contributed by atoms with Crippen LogP contribution in [0, 0.1) is 0 Å². The van der Waals surface area contributed by atoms with Crippen LogP contribution in [0.5, 0.6) is 34.5 Å². The average molecular weight is 573 g/mol. The largest absolute Gasteiger partial charge is 0.497 e. The molecule has 0 radical (unpaired) electrons. The van der Waals surface area contributed by atoms with Crippen LogP contribution in [0.25, 0.3) is 0 Å². The van der Waals surface area contributed by atoms with Gasteiger partial charge in [-0.25, -0.2) is 10.2 Å². The van der Waals surface area contributed by atoms with Crippen molar-refractivity contribution < 1.29 is 38.0 Å². The number of ether oxygens (including phenoxy) is 6. The molecule has 3 rings (SSSR count). The maximum atomic E-state index is 12.7. The standard InChI is InChI=1S/C26H25BrN2O8/c1-32-18-8-9-21(20(27)13-18)36-15-24(30)29-28-14-16-6-5-7-19(10-16)37-26(31)17-11-22(33-2)25(35-4)23(12-17)34-3/h5-14H,15H2,1-4H3,(H,29,30)/b28-14-. The van der Waals surface area contributed by atoms with Crippen LogP contribution >= 0.6 is 15.9 Å². The Bertz CT molecular complexity index is 1270. The number of hydrazone groups is 1. The van der Waals surface area contributed by atoms with E-state index in [1.807, 2.05) is 0 Å². The van der Waals surface area contributed by atoms with E-state index in [-0.39, 0.29) is 17.9 Å². The van der Waals surface area contributed by atoms with Crippen LogP contribution in [0.1, 0.15) is 15.9 Å². The highest BCUT2D eigenvalue weighted by molar-refractivity contribution is 9.10. The number of esters is 1. The molecule has 194 valence electrons. The van der Waals surface area contributed by atoms with Crippen LogP contribution in [0.2, 0.25) is 0 Å². The number of hydrogen-bond acceptors (Lipinski definition) is 9. The van der Waals surface area contributed by atoms with Gasteiger partial charge in [-0.2, -0.15) is 5.10 Å². The SMILES string of the molecule is COc1ccc(OCC(=O)N/N=C\c2cccc(OC(=O)c3cc(OC)c(OC)c(OC)c3)c2)c(Br)c1. The van der Waals surface area contributed by atoms with Crippen molar-refractivity contribution in [1.29, 1.82) is 0 Å². The first-order valence-electron chi connectivity index (χ1n) is 10.8. The predicted molar refractivity (Wildman–Crippen MR) is 139 cm³/mol. The molecule has 10 nitrogen and oxygen atoms in total. The Morgan fingerprint density at radius 3 is 2.22 bits per heavy atom. The summed E-state index contributed by atoms with van der Waals surface area (Å²) in [5.41, 5.74) is 3.19. The summed E-state index contributed by atoms with van der Waals surface area (Å²) in [5, 5.41) is 3.92. The van der Waals surface area contributed by atoms with Gasteiger partial charge in [0.1, 0.15) is 17.2 Å². The quantitative estimate of drug-likeness (QED) is 0.157. The van der Waals surface area contributed by atoms with Gasteiger partial charge in [0.25, 0.3) is 5.91 Å². The van der Waals surface area contributed by atoms with Gasteiger partial charge < -0.3 is 28.4 Å². The fraction of sp³-hybridized carbons (Fsp3) is 0.192. The van der Waals surface area contributed by atoms with Crippen LogP contribution in [-0.2, 0) is 4.79 Å². The maximum Gasteiger partial charge on any atom is 0.343 e. The van der Waals surface area contributed by atoms with E-state index >= 15 is 0 Å². The van der Waals surface area contributed by atoms with Gasteiger partial charge in [0, 0.05) is 0 Å². The van der Waals surface area contributed by atoms with Gasteiger partial charge in [-0.15, -0.1) is 0 Å². The number of methoxy groups -OCH3 is 4. The number of carbonyl (C=O) groups is 2. The molecule has 0 aliphatic heterocycles. The molecule has 0 saturated heterocycles. The highest BCUT2D eigenvalue weighted by Gasteiger charge is 2.18. The zero-order chi connectivity index (χ0) is 26.8. The highest BCUT2D eigenvalue weighted by Crippen LogP contribution is 2.38. The summed E-state index contributed by atoms with van der Waals surface area (Å²) in [6.45, 7) is -0.241. The molecule has 0 saturated carbocycles. The fourth-order valence-corrected chi connectivity index (χ4v) is 3.58. The lowest BCUT2D eigenvalue weighted by Crippen LogP contribution is -2.24. The van der Waals surface area contributed by atoms with E-state index < -0.39 is 11.9 Å². The van der Waals surface area contributed by atoms with E-state index in [9.17, 15) is 9.59 Å². The van der Waals surface area contributed by atoms with E-state index in [1.165, 1.54) is 39.7 Å². The van der Waals surface area contributed by atoms with Gasteiger partial charge in [-0.1, -0.05) is 12.1 Å². The third-order valence-corrected chi connectivity index (χ3v) is 5.49. The second-order valence-electron chi connectivity index (χ2n) is 7.25. The van der Waals surface area contributed by atoms with Crippen molar-refractivity contribution in [3.05, 3.63) is 70.2 Å². The molecule has 11 heteroatoms. The van der Waals surface area contributed by atoms with Crippen molar-refractivity contribution in [1.82, 2.24) is 5.43 Å². The smallest absolute Gasteiger partial charge is 0.343 e. The summed E-state index contributed by atoms with van der Waals surface area (Å²) in [5.74, 6) is 1.37. The monoisotopic (exact) mass is 572 g/mol. The highest BCUT2D eigenvalue weighted by atomic mass is 79.9. The lowest BCUT2D eigenvalue weighted by molar-refractivity contribution is -0.123. The Hall–Kier alpha value is -4.25. The molecule has 0 aromatic heterocycles. The second kappa shape index (κ2) is 13.2. The Labute approximate surface area is 222 Å². The number of nitrogens with one attached hydrogen (secondary N) is 1. The first-order valence-corrected chi connectivity index (χ1v) is 11.6. The molecule has 1 amide bonds. The van der Waals surface area contributed by atoms with E-state index in [0.717, 1.165) is 0 Å². The van der Waals surface area contributed by atoms with Gasteiger partial charge in [-0.05, 0) is 64.0 Å². The summed E-state index contributed by atoms with van der Waals surface area (Å²) in [7, 11) is 5.94. The van der Waals surface area contributed by atoms with Crippen molar-refractivity contribution in [2.24, 2.45) is 5.10 Å². The number of carbonyl (C=O) groups excluding carboxylic acids is 2. The normalized spacial score (nSPS) is 10.5. The number of hydrogen-bond donors (Lipinski definition) is 1. The topological polar surface area (TPSA) is 114 Å². The molecule has 3 aromatic carbocycles. The number of nitrogens with zero attached hydrogens (tertiary/aromatic N) is 1. The Balaban J connectivity index is 1.59. The van der Waals surface area contributed by atoms with E-state index in [1.54, 1.807) is 49.6 Å². The molecular weight excluding hydrogens is 548 g/mol. The first kappa shape index (κ1) is 27.3. The summed E-state index contributed by atoms with van der Waals surface area (Å²) < 4.78 is 32.6. The first-order chi connectivity index (χ1) is 17.9. The molecule has 3 aromatic rings. The predicted octanol–water partition coefficient (Wildman–Crippen LogP) is 4.23. The Kier molecular flexibility index (Phi) is 9.73. The van der Waals surface area contributed by atoms with Crippen LogP contribution in [0.15, 0.2) is 64.2 Å². The molecule has 0 aliphatic rings. The summed E-state index contributed by atoms with van der Waals surface area (Å²) in [6, 6.07) is 14.8. The van der Waals surface area contributed by atoms with Crippen molar-refractivity contribution in [2.75, 3.05) is 35.0 Å². The fourth-order valence-electron chi connectivity index (χ4n) is 3.10. The summed E-state index contributed by atoms with van der Waals surface area (Å²) in [6.07, 6.45) is 1.41. The maximum absolute atomic E-state index is 12.7. The molecule has 37 heavy (non-hydrogen) atoms. The molecule has 0 heterocycles.